The fraction of sp³-hybridized carbons (Fsp3) is 1.00. The van der Waals surface area contributed by atoms with Crippen molar-refractivity contribution < 1.29 is 4.74 Å². The Labute approximate surface area is 107 Å². The summed E-state index contributed by atoms with van der Waals surface area (Å²) in [5, 5.41) is 3.27. The number of ether oxygens (including phenoxy) is 1. The standard InChI is InChI=1S/C14H30N2O/c1-11(8-15-7)12(2)16-9-13(3,4)17-14(5,6)10-16/h11-12,15H,8-10H2,1-7H3. The molecule has 1 N–H and O–H groups in total. The number of rotatable bonds is 4. The van der Waals surface area contributed by atoms with Gasteiger partial charge in [0.15, 0.2) is 0 Å². The van der Waals surface area contributed by atoms with Crippen LogP contribution in [0.5, 0.6) is 0 Å². The first-order chi connectivity index (χ1) is 7.67. The number of hydrogen-bond donors (Lipinski definition) is 1. The molecule has 0 radical (unpaired) electrons. The average molecular weight is 242 g/mol. The fourth-order valence-corrected chi connectivity index (χ4v) is 2.99. The van der Waals surface area contributed by atoms with Gasteiger partial charge in [0.25, 0.3) is 0 Å². The Morgan fingerprint density at radius 1 is 1.12 bits per heavy atom. The Morgan fingerprint density at radius 2 is 1.59 bits per heavy atom. The predicted molar refractivity (Wildman–Crippen MR) is 73.4 cm³/mol. The van der Waals surface area contributed by atoms with E-state index in [2.05, 4.69) is 51.8 Å². The summed E-state index contributed by atoms with van der Waals surface area (Å²) < 4.78 is 6.12. The van der Waals surface area contributed by atoms with Crippen LogP contribution in [-0.4, -0.2) is 48.8 Å². The van der Waals surface area contributed by atoms with Gasteiger partial charge in [-0.1, -0.05) is 6.92 Å². The van der Waals surface area contributed by atoms with E-state index in [4.69, 9.17) is 4.74 Å². The van der Waals surface area contributed by atoms with Crippen LogP contribution in [0.4, 0.5) is 0 Å². The summed E-state index contributed by atoms with van der Waals surface area (Å²) in [5.74, 6) is 0.657. The van der Waals surface area contributed by atoms with Crippen molar-refractivity contribution >= 4 is 0 Å². The molecule has 0 aromatic heterocycles. The SMILES string of the molecule is CNCC(C)C(C)N1CC(C)(C)OC(C)(C)C1. The van der Waals surface area contributed by atoms with E-state index < -0.39 is 0 Å². The lowest BCUT2D eigenvalue weighted by Crippen LogP contribution is -2.60. The van der Waals surface area contributed by atoms with Gasteiger partial charge in [-0.2, -0.15) is 0 Å². The molecular weight excluding hydrogens is 212 g/mol. The molecule has 3 heteroatoms. The first kappa shape index (κ1) is 14.9. The first-order valence-corrected chi connectivity index (χ1v) is 6.76. The van der Waals surface area contributed by atoms with Crippen LogP contribution >= 0.6 is 0 Å². The zero-order valence-corrected chi connectivity index (χ0v) is 12.6. The third-order valence-corrected chi connectivity index (χ3v) is 3.65. The topological polar surface area (TPSA) is 24.5 Å². The Morgan fingerprint density at radius 3 is 2.00 bits per heavy atom. The van der Waals surface area contributed by atoms with E-state index in [1.807, 2.05) is 7.05 Å². The van der Waals surface area contributed by atoms with Gasteiger partial charge in [-0.05, 0) is 54.1 Å². The molecule has 1 aliphatic rings. The van der Waals surface area contributed by atoms with E-state index in [1.165, 1.54) is 0 Å². The number of nitrogens with zero attached hydrogens (tertiary/aromatic N) is 1. The molecule has 2 atom stereocenters. The summed E-state index contributed by atoms with van der Waals surface area (Å²) in [6.45, 7) is 16.5. The van der Waals surface area contributed by atoms with Crippen molar-refractivity contribution in [3.05, 3.63) is 0 Å². The largest absolute Gasteiger partial charge is 0.367 e. The summed E-state index contributed by atoms with van der Waals surface area (Å²) in [5.41, 5.74) is -0.0925. The van der Waals surface area contributed by atoms with Crippen molar-refractivity contribution in [2.24, 2.45) is 5.92 Å². The molecule has 1 rings (SSSR count). The van der Waals surface area contributed by atoms with Crippen LogP contribution in [0.1, 0.15) is 41.5 Å². The van der Waals surface area contributed by atoms with Crippen LogP contribution < -0.4 is 5.32 Å². The Bertz CT molecular complexity index is 235. The highest BCUT2D eigenvalue weighted by Gasteiger charge is 2.40. The van der Waals surface area contributed by atoms with Crippen molar-refractivity contribution in [1.82, 2.24) is 10.2 Å². The van der Waals surface area contributed by atoms with Crippen molar-refractivity contribution in [2.75, 3.05) is 26.7 Å². The molecule has 0 aromatic rings. The fourth-order valence-electron chi connectivity index (χ4n) is 2.99. The molecule has 0 saturated carbocycles. The van der Waals surface area contributed by atoms with Crippen molar-refractivity contribution in [3.8, 4) is 0 Å². The van der Waals surface area contributed by atoms with E-state index >= 15 is 0 Å². The molecule has 102 valence electrons. The van der Waals surface area contributed by atoms with Crippen LogP contribution in [-0.2, 0) is 4.74 Å². The molecule has 2 unspecified atom stereocenters. The molecule has 1 heterocycles. The number of hydrogen-bond acceptors (Lipinski definition) is 3. The van der Waals surface area contributed by atoms with Gasteiger partial charge in [0.05, 0.1) is 11.2 Å². The molecule has 0 spiro atoms. The summed E-state index contributed by atoms with van der Waals surface area (Å²) >= 11 is 0. The lowest BCUT2D eigenvalue weighted by Gasteiger charge is -2.50. The van der Waals surface area contributed by atoms with Crippen LogP contribution in [0.2, 0.25) is 0 Å². The highest BCUT2D eigenvalue weighted by molar-refractivity contribution is 4.92. The molecule has 1 saturated heterocycles. The summed E-state index contributed by atoms with van der Waals surface area (Å²) in [6.07, 6.45) is 0. The Balaban J connectivity index is 2.70. The molecule has 1 fully saturated rings. The van der Waals surface area contributed by atoms with Crippen LogP contribution in [0.25, 0.3) is 0 Å². The number of morpholine rings is 1. The van der Waals surface area contributed by atoms with Gasteiger partial charge >= 0.3 is 0 Å². The summed E-state index contributed by atoms with van der Waals surface area (Å²) in [7, 11) is 2.02. The maximum Gasteiger partial charge on any atom is 0.0760 e. The predicted octanol–water partition coefficient (Wildman–Crippen LogP) is 2.12. The van der Waals surface area contributed by atoms with E-state index in [0.29, 0.717) is 12.0 Å². The van der Waals surface area contributed by atoms with Crippen LogP contribution in [0, 0.1) is 5.92 Å². The van der Waals surface area contributed by atoms with Crippen LogP contribution in [0.3, 0.4) is 0 Å². The minimum atomic E-state index is -0.0463. The minimum Gasteiger partial charge on any atom is -0.367 e. The summed E-state index contributed by atoms with van der Waals surface area (Å²) in [6, 6.07) is 0.588. The maximum absolute atomic E-state index is 6.12. The van der Waals surface area contributed by atoms with Crippen molar-refractivity contribution in [2.45, 2.75) is 58.8 Å². The highest BCUT2D eigenvalue weighted by atomic mass is 16.5. The summed E-state index contributed by atoms with van der Waals surface area (Å²) in [4.78, 5) is 2.57. The molecule has 0 aromatic carbocycles. The Hall–Kier alpha value is -0.120. The Kier molecular flexibility index (Phi) is 4.61. The second kappa shape index (κ2) is 5.25. The van der Waals surface area contributed by atoms with Crippen LogP contribution in [0.15, 0.2) is 0 Å². The third-order valence-electron chi connectivity index (χ3n) is 3.65. The lowest BCUT2D eigenvalue weighted by atomic mass is 9.94. The van der Waals surface area contributed by atoms with Gasteiger partial charge in [-0.3, -0.25) is 4.90 Å². The maximum atomic E-state index is 6.12. The van der Waals surface area contributed by atoms with E-state index in [9.17, 15) is 0 Å². The third kappa shape index (κ3) is 4.23. The molecular formula is C14H30N2O. The lowest BCUT2D eigenvalue weighted by molar-refractivity contribution is -0.189. The molecule has 1 aliphatic heterocycles. The average Bonchev–Trinajstić information content (AvgIpc) is 2.12. The molecule has 0 aliphatic carbocycles. The quantitative estimate of drug-likeness (QED) is 0.817. The molecule has 17 heavy (non-hydrogen) atoms. The second-order valence-corrected chi connectivity index (χ2v) is 6.80. The number of nitrogens with one attached hydrogen (secondary N) is 1. The minimum absolute atomic E-state index is 0.0463. The zero-order chi connectivity index (χ0) is 13.3. The normalized spacial score (nSPS) is 27.7. The van der Waals surface area contributed by atoms with E-state index in [1.54, 1.807) is 0 Å². The van der Waals surface area contributed by atoms with Crippen molar-refractivity contribution in [1.29, 1.82) is 0 Å². The van der Waals surface area contributed by atoms with Gasteiger partial charge in [0.2, 0.25) is 0 Å². The van der Waals surface area contributed by atoms with E-state index in [-0.39, 0.29) is 11.2 Å². The second-order valence-electron chi connectivity index (χ2n) is 6.80. The van der Waals surface area contributed by atoms with E-state index in [0.717, 1.165) is 19.6 Å². The molecule has 0 amide bonds. The van der Waals surface area contributed by atoms with Gasteiger partial charge in [-0.15, -0.1) is 0 Å². The first-order valence-electron chi connectivity index (χ1n) is 6.76. The smallest absolute Gasteiger partial charge is 0.0760 e. The van der Waals surface area contributed by atoms with Crippen molar-refractivity contribution in [3.63, 3.8) is 0 Å². The van der Waals surface area contributed by atoms with Gasteiger partial charge in [-0.25, -0.2) is 0 Å². The van der Waals surface area contributed by atoms with Gasteiger partial charge in [0.1, 0.15) is 0 Å². The van der Waals surface area contributed by atoms with Gasteiger partial charge < -0.3 is 10.1 Å². The monoisotopic (exact) mass is 242 g/mol. The van der Waals surface area contributed by atoms with Gasteiger partial charge in [0, 0.05) is 19.1 Å². The highest BCUT2D eigenvalue weighted by Crippen LogP contribution is 2.30. The zero-order valence-electron chi connectivity index (χ0n) is 12.6. The molecule has 3 nitrogen and oxygen atoms in total. The molecule has 0 bridgehead atoms.